The Labute approximate surface area is 185 Å². The first kappa shape index (κ1) is 21.0. The van der Waals surface area contributed by atoms with Gasteiger partial charge in [0, 0.05) is 24.2 Å². The standard InChI is InChI=1S/C24H17F4N3O2/c25-14-4-6-16(17(27)11-14)13-3-8-22-20(10-13)29-23(33-22)21-2-1-9-31(21)24(32)30-19-7-5-15(26)12-18(19)28/h3-8,10-12,21H,1-2,9H2,(H,30,32)/t21-/m0/s1. The predicted octanol–water partition coefficient (Wildman–Crippen LogP) is 6.42. The maximum atomic E-state index is 14.2. The number of amides is 2. The molecule has 9 heteroatoms. The van der Waals surface area contributed by atoms with E-state index in [2.05, 4.69) is 10.3 Å². The second-order valence-electron chi connectivity index (χ2n) is 7.76. The third-order valence-electron chi connectivity index (χ3n) is 5.62. The molecule has 1 fully saturated rings. The summed E-state index contributed by atoms with van der Waals surface area (Å²) < 4.78 is 60.3. The van der Waals surface area contributed by atoms with E-state index in [1.54, 1.807) is 18.2 Å². The summed E-state index contributed by atoms with van der Waals surface area (Å²) in [4.78, 5) is 18.7. The van der Waals surface area contributed by atoms with E-state index in [1.807, 2.05) is 0 Å². The maximum absolute atomic E-state index is 14.2. The first-order valence-corrected chi connectivity index (χ1v) is 10.3. The minimum absolute atomic E-state index is 0.129. The Hall–Kier alpha value is -3.88. The number of urea groups is 1. The molecule has 1 saturated heterocycles. The Morgan fingerprint density at radius 3 is 2.48 bits per heavy atom. The molecule has 0 saturated carbocycles. The minimum atomic E-state index is -0.874. The molecule has 2 amide bonds. The molecule has 2 heterocycles. The van der Waals surface area contributed by atoms with Gasteiger partial charge in [-0.15, -0.1) is 0 Å². The Morgan fingerprint density at radius 2 is 1.73 bits per heavy atom. The lowest BCUT2D eigenvalue weighted by Gasteiger charge is -2.22. The highest BCUT2D eigenvalue weighted by molar-refractivity contribution is 5.90. The normalized spacial score (nSPS) is 15.9. The summed E-state index contributed by atoms with van der Waals surface area (Å²) >= 11 is 0. The molecule has 3 aromatic carbocycles. The Kier molecular flexibility index (Phi) is 5.24. The van der Waals surface area contributed by atoms with Crippen molar-refractivity contribution in [2.24, 2.45) is 0 Å². The number of carbonyl (C=O) groups is 1. The molecule has 33 heavy (non-hydrogen) atoms. The highest BCUT2D eigenvalue weighted by Gasteiger charge is 2.34. The first-order valence-electron chi connectivity index (χ1n) is 10.3. The molecule has 1 aliphatic rings. The molecule has 1 aliphatic heterocycles. The van der Waals surface area contributed by atoms with Gasteiger partial charge < -0.3 is 14.6 Å². The average molecular weight is 455 g/mol. The van der Waals surface area contributed by atoms with Gasteiger partial charge in [0.05, 0.1) is 5.69 Å². The zero-order valence-corrected chi connectivity index (χ0v) is 17.1. The molecule has 5 rings (SSSR count). The van der Waals surface area contributed by atoms with E-state index in [9.17, 15) is 22.4 Å². The maximum Gasteiger partial charge on any atom is 0.322 e. The van der Waals surface area contributed by atoms with Crippen LogP contribution in [0.25, 0.3) is 22.2 Å². The number of benzene rings is 3. The highest BCUT2D eigenvalue weighted by Crippen LogP contribution is 2.35. The molecule has 1 aromatic heterocycles. The van der Waals surface area contributed by atoms with E-state index in [-0.39, 0.29) is 11.3 Å². The number of nitrogens with one attached hydrogen (secondary N) is 1. The number of rotatable bonds is 3. The number of nitrogens with zero attached hydrogens (tertiary/aromatic N) is 2. The van der Waals surface area contributed by atoms with Crippen LogP contribution >= 0.6 is 0 Å². The smallest absolute Gasteiger partial charge is 0.322 e. The summed E-state index contributed by atoms with van der Waals surface area (Å²) in [6.07, 6.45) is 1.28. The van der Waals surface area contributed by atoms with Crippen LogP contribution in [0.2, 0.25) is 0 Å². The summed E-state index contributed by atoms with van der Waals surface area (Å²) in [6.45, 7) is 0.407. The summed E-state index contributed by atoms with van der Waals surface area (Å²) in [5.74, 6) is -2.67. The summed E-state index contributed by atoms with van der Waals surface area (Å²) in [6, 6.07) is 10.1. The number of carbonyl (C=O) groups excluding carboxylic acids is 1. The fraction of sp³-hybridized carbons (Fsp3) is 0.167. The molecule has 5 nitrogen and oxygen atoms in total. The van der Waals surface area contributed by atoms with Gasteiger partial charge in [-0.05, 0) is 54.8 Å². The number of aromatic nitrogens is 1. The van der Waals surface area contributed by atoms with Gasteiger partial charge in [0.1, 0.15) is 34.8 Å². The van der Waals surface area contributed by atoms with Crippen molar-refractivity contribution in [1.82, 2.24) is 9.88 Å². The van der Waals surface area contributed by atoms with Crippen molar-refractivity contribution in [2.75, 3.05) is 11.9 Å². The van der Waals surface area contributed by atoms with Crippen molar-refractivity contribution in [3.63, 3.8) is 0 Å². The predicted molar refractivity (Wildman–Crippen MR) is 113 cm³/mol. The SMILES string of the molecule is O=C(Nc1ccc(F)cc1F)N1CCC[C@H]1c1nc2cc(-c3ccc(F)cc3F)ccc2o1. The minimum Gasteiger partial charge on any atom is -0.438 e. The fourth-order valence-electron chi connectivity index (χ4n) is 4.02. The largest absolute Gasteiger partial charge is 0.438 e. The van der Waals surface area contributed by atoms with Gasteiger partial charge >= 0.3 is 6.03 Å². The molecule has 1 atom stereocenters. The molecule has 1 N–H and O–H groups in total. The summed E-state index contributed by atoms with van der Waals surface area (Å²) in [7, 11) is 0. The Balaban J connectivity index is 1.41. The summed E-state index contributed by atoms with van der Waals surface area (Å²) in [5.41, 5.74) is 1.52. The van der Waals surface area contributed by atoms with Crippen LogP contribution in [0.3, 0.4) is 0 Å². The molecule has 0 spiro atoms. The second-order valence-corrected chi connectivity index (χ2v) is 7.76. The van der Waals surface area contributed by atoms with Crippen LogP contribution in [-0.4, -0.2) is 22.5 Å². The van der Waals surface area contributed by atoms with Crippen LogP contribution in [-0.2, 0) is 0 Å². The van der Waals surface area contributed by atoms with E-state index >= 15 is 0 Å². The van der Waals surface area contributed by atoms with Crippen molar-refractivity contribution in [3.8, 4) is 11.1 Å². The van der Waals surface area contributed by atoms with Gasteiger partial charge in [-0.2, -0.15) is 0 Å². The number of hydrogen-bond acceptors (Lipinski definition) is 3. The van der Waals surface area contributed by atoms with Gasteiger partial charge in [0.2, 0.25) is 5.89 Å². The highest BCUT2D eigenvalue weighted by atomic mass is 19.1. The number of anilines is 1. The number of likely N-dealkylation sites (tertiary alicyclic amines) is 1. The van der Waals surface area contributed by atoms with E-state index in [0.717, 1.165) is 18.2 Å². The van der Waals surface area contributed by atoms with E-state index < -0.39 is 35.3 Å². The quantitative estimate of drug-likeness (QED) is 0.363. The van der Waals surface area contributed by atoms with Crippen LogP contribution in [0, 0.1) is 23.3 Å². The van der Waals surface area contributed by atoms with Crippen LogP contribution in [0.5, 0.6) is 0 Å². The van der Waals surface area contributed by atoms with E-state index in [0.29, 0.717) is 48.0 Å². The molecular weight excluding hydrogens is 438 g/mol. The molecular formula is C24H17F4N3O2. The van der Waals surface area contributed by atoms with Crippen LogP contribution in [0.1, 0.15) is 24.8 Å². The molecule has 0 bridgehead atoms. The van der Waals surface area contributed by atoms with Gasteiger partial charge in [-0.25, -0.2) is 27.3 Å². The Morgan fingerprint density at radius 1 is 0.970 bits per heavy atom. The van der Waals surface area contributed by atoms with Crippen molar-refractivity contribution >= 4 is 22.8 Å². The molecule has 0 unspecified atom stereocenters. The summed E-state index contributed by atoms with van der Waals surface area (Å²) in [5, 5.41) is 2.46. The average Bonchev–Trinajstić information content (AvgIpc) is 3.42. The lowest BCUT2D eigenvalue weighted by atomic mass is 10.0. The van der Waals surface area contributed by atoms with Crippen LogP contribution in [0.15, 0.2) is 59.0 Å². The van der Waals surface area contributed by atoms with Crippen molar-refractivity contribution in [2.45, 2.75) is 18.9 Å². The van der Waals surface area contributed by atoms with E-state index in [1.165, 1.54) is 17.0 Å². The van der Waals surface area contributed by atoms with Crippen molar-refractivity contribution in [1.29, 1.82) is 0 Å². The topological polar surface area (TPSA) is 58.4 Å². The van der Waals surface area contributed by atoms with Crippen molar-refractivity contribution in [3.05, 3.63) is 83.8 Å². The zero-order valence-electron chi connectivity index (χ0n) is 17.1. The molecule has 4 aromatic rings. The molecule has 168 valence electrons. The Bertz CT molecular complexity index is 1370. The first-order chi connectivity index (χ1) is 15.9. The number of halogens is 4. The number of fused-ring (bicyclic) bond motifs is 1. The zero-order chi connectivity index (χ0) is 23.1. The van der Waals surface area contributed by atoms with Crippen LogP contribution in [0.4, 0.5) is 28.0 Å². The molecule has 0 aliphatic carbocycles. The third-order valence-corrected chi connectivity index (χ3v) is 5.62. The van der Waals surface area contributed by atoms with Crippen molar-refractivity contribution < 1.29 is 26.8 Å². The van der Waals surface area contributed by atoms with Gasteiger partial charge in [0.15, 0.2) is 5.58 Å². The van der Waals surface area contributed by atoms with Gasteiger partial charge in [0.25, 0.3) is 0 Å². The molecule has 0 radical (unpaired) electrons. The lowest BCUT2D eigenvalue weighted by Crippen LogP contribution is -2.34. The van der Waals surface area contributed by atoms with Crippen LogP contribution < -0.4 is 5.32 Å². The van der Waals surface area contributed by atoms with Gasteiger partial charge in [-0.3, -0.25) is 0 Å². The number of oxazole rings is 1. The monoisotopic (exact) mass is 455 g/mol. The van der Waals surface area contributed by atoms with E-state index in [4.69, 9.17) is 4.42 Å². The lowest BCUT2D eigenvalue weighted by molar-refractivity contribution is 0.198. The second kappa shape index (κ2) is 8.23. The number of hydrogen-bond donors (Lipinski definition) is 1. The van der Waals surface area contributed by atoms with Gasteiger partial charge in [-0.1, -0.05) is 6.07 Å². The fourth-order valence-corrected chi connectivity index (χ4v) is 4.02. The third kappa shape index (κ3) is 4.02.